The number of nitrogens with one attached hydrogen (secondary N) is 2. The van der Waals surface area contributed by atoms with Crippen molar-refractivity contribution in [1.82, 2.24) is 10.2 Å². The summed E-state index contributed by atoms with van der Waals surface area (Å²) in [6.45, 7) is 1.92. The summed E-state index contributed by atoms with van der Waals surface area (Å²) in [7, 11) is 1.58. The average Bonchev–Trinajstić information content (AvgIpc) is 2.57. The number of rotatable bonds is 5. The SMILES string of the molecule is COCCNC(=O)C1CCCN(C(=O)Nc2ccc(F)cc2)C1. The Hall–Kier alpha value is -2.15. The monoisotopic (exact) mass is 323 g/mol. The second kappa shape index (κ2) is 8.47. The van der Waals surface area contributed by atoms with E-state index in [4.69, 9.17) is 4.74 Å². The van der Waals surface area contributed by atoms with E-state index in [0.717, 1.165) is 12.8 Å². The minimum absolute atomic E-state index is 0.0543. The lowest BCUT2D eigenvalue weighted by atomic mass is 9.97. The van der Waals surface area contributed by atoms with Gasteiger partial charge in [0.2, 0.25) is 5.91 Å². The maximum Gasteiger partial charge on any atom is 0.321 e. The lowest BCUT2D eigenvalue weighted by Gasteiger charge is -2.32. The van der Waals surface area contributed by atoms with E-state index in [-0.39, 0.29) is 23.7 Å². The first-order valence-corrected chi connectivity index (χ1v) is 7.68. The predicted octanol–water partition coefficient (Wildman–Crippen LogP) is 1.83. The molecule has 0 radical (unpaired) electrons. The van der Waals surface area contributed by atoms with E-state index in [0.29, 0.717) is 31.9 Å². The molecule has 7 heteroatoms. The van der Waals surface area contributed by atoms with Gasteiger partial charge in [0.05, 0.1) is 12.5 Å². The first kappa shape index (κ1) is 17.2. The van der Waals surface area contributed by atoms with Crippen molar-refractivity contribution in [1.29, 1.82) is 0 Å². The number of nitrogens with zero attached hydrogens (tertiary/aromatic N) is 1. The lowest BCUT2D eigenvalue weighted by Crippen LogP contribution is -2.47. The van der Waals surface area contributed by atoms with Crippen molar-refractivity contribution < 1.29 is 18.7 Å². The molecule has 1 saturated heterocycles. The first-order chi connectivity index (χ1) is 11.1. The number of anilines is 1. The zero-order chi connectivity index (χ0) is 16.7. The van der Waals surface area contributed by atoms with Gasteiger partial charge in [-0.25, -0.2) is 9.18 Å². The van der Waals surface area contributed by atoms with Crippen LogP contribution in [0.3, 0.4) is 0 Å². The molecule has 0 spiro atoms. The second-order valence-corrected chi connectivity index (χ2v) is 5.51. The van der Waals surface area contributed by atoms with E-state index in [9.17, 15) is 14.0 Å². The van der Waals surface area contributed by atoms with Crippen LogP contribution < -0.4 is 10.6 Å². The largest absolute Gasteiger partial charge is 0.383 e. The van der Waals surface area contributed by atoms with Gasteiger partial charge in [0.1, 0.15) is 5.82 Å². The van der Waals surface area contributed by atoms with Crippen LogP contribution >= 0.6 is 0 Å². The van der Waals surface area contributed by atoms with Gasteiger partial charge in [0, 0.05) is 32.4 Å². The summed E-state index contributed by atoms with van der Waals surface area (Å²) >= 11 is 0. The van der Waals surface area contributed by atoms with Crippen molar-refractivity contribution in [3.63, 3.8) is 0 Å². The minimum Gasteiger partial charge on any atom is -0.383 e. The number of amides is 3. The highest BCUT2D eigenvalue weighted by atomic mass is 19.1. The molecule has 1 unspecified atom stereocenters. The molecule has 1 fully saturated rings. The van der Waals surface area contributed by atoms with Crippen molar-refractivity contribution >= 4 is 17.6 Å². The number of hydrogen-bond acceptors (Lipinski definition) is 3. The van der Waals surface area contributed by atoms with Crippen molar-refractivity contribution in [2.75, 3.05) is 38.7 Å². The fourth-order valence-corrected chi connectivity index (χ4v) is 2.53. The number of urea groups is 1. The number of carbonyl (C=O) groups excluding carboxylic acids is 2. The number of methoxy groups -OCH3 is 1. The Kier molecular flexibility index (Phi) is 6.34. The smallest absolute Gasteiger partial charge is 0.321 e. The zero-order valence-electron chi connectivity index (χ0n) is 13.2. The summed E-state index contributed by atoms with van der Waals surface area (Å²) in [4.78, 5) is 25.9. The third kappa shape index (κ3) is 5.21. The van der Waals surface area contributed by atoms with Gasteiger partial charge in [-0.05, 0) is 37.1 Å². The van der Waals surface area contributed by atoms with Crippen LogP contribution in [0.5, 0.6) is 0 Å². The van der Waals surface area contributed by atoms with Crippen LogP contribution in [-0.2, 0) is 9.53 Å². The summed E-state index contributed by atoms with van der Waals surface area (Å²) in [5, 5.41) is 5.52. The number of piperidine rings is 1. The Morgan fingerprint density at radius 3 is 2.78 bits per heavy atom. The number of carbonyl (C=O) groups is 2. The molecule has 3 amide bonds. The van der Waals surface area contributed by atoms with Crippen molar-refractivity contribution in [3.8, 4) is 0 Å². The van der Waals surface area contributed by atoms with Gasteiger partial charge >= 0.3 is 6.03 Å². The van der Waals surface area contributed by atoms with E-state index in [2.05, 4.69) is 10.6 Å². The van der Waals surface area contributed by atoms with Gasteiger partial charge in [0.25, 0.3) is 0 Å². The highest BCUT2D eigenvalue weighted by Crippen LogP contribution is 2.18. The number of halogens is 1. The van der Waals surface area contributed by atoms with Gasteiger partial charge in [-0.15, -0.1) is 0 Å². The average molecular weight is 323 g/mol. The van der Waals surface area contributed by atoms with Crippen molar-refractivity contribution in [3.05, 3.63) is 30.1 Å². The van der Waals surface area contributed by atoms with Gasteiger partial charge in [-0.3, -0.25) is 4.79 Å². The van der Waals surface area contributed by atoms with E-state index < -0.39 is 0 Å². The Morgan fingerprint density at radius 1 is 1.35 bits per heavy atom. The van der Waals surface area contributed by atoms with Gasteiger partial charge in [-0.1, -0.05) is 0 Å². The minimum atomic E-state index is -0.353. The Balaban J connectivity index is 1.85. The normalized spacial score (nSPS) is 17.7. The summed E-state index contributed by atoms with van der Waals surface area (Å²) < 4.78 is 17.8. The second-order valence-electron chi connectivity index (χ2n) is 5.51. The molecule has 23 heavy (non-hydrogen) atoms. The molecule has 0 saturated carbocycles. The quantitative estimate of drug-likeness (QED) is 0.812. The topological polar surface area (TPSA) is 70.7 Å². The lowest BCUT2D eigenvalue weighted by molar-refractivity contribution is -0.126. The summed E-state index contributed by atoms with van der Waals surface area (Å²) in [6, 6.07) is 5.32. The highest BCUT2D eigenvalue weighted by molar-refractivity contribution is 5.90. The predicted molar refractivity (Wildman–Crippen MR) is 84.6 cm³/mol. The summed E-state index contributed by atoms with van der Waals surface area (Å²) in [5.74, 6) is -0.616. The van der Waals surface area contributed by atoms with Gasteiger partial charge < -0.3 is 20.3 Å². The molecule has 1 atom stereocenters. The van der Waals surface area contributed by atoms with E-state index >= 15 is 0 Å². The van der Waals surface area contributed by atoms with Crippen molar-refractivity contribution in [2.45, 2.75) is 12.8 Å². The molecular weight excluding hydrogens is 301 g/mol. The third-order valence-electron chi connectivity index (χ3n) is 3.78. The van der Waals surface area contributed by atoms with Gasteiger partial charge in [-0.2, -0.15) is 0 Å². The van der Waals surface area contributed by atoms with Crippen molar-refractivity contribution in [2.24, 2.45) is 5.92 Å². The molecule has 1 aromatic rings. The van der Waals surface area contributed by atoms with E-state index in [1.54, 1.807) is 12.0 Å². The highest BCUT2D eigenvalue weighted by Gasteiger charge is 2.28. The van der Waals surface area contributed by atoms with Crippen LogP contribution in [0.2, 0.25) is 0 Å². The van der Waals surface area contributed by atoms with Crippen LogP contribution in [0.25, 0.3) is 0 Å². The molecule has 126 valence electrons. The molecule has 2 N–H and O–H groups in total. The standard InChI is InChI=1S/C16H22FN3O3/c1-23-10-8-18-15(21)12-3-2-9-20(11-12)16(22)19-14-6-4-13(17)5-7-14/h4-7,12H,2-3,8-11H2,1H3,(H,18,21)(H,19,22). The zero-order valence-corrected chi connectivity index (χ0v) is 13.2. The maximum absolute atomic E-state index is 12.9. The van der Waals surface area contributed by atoms with Crippen LogP contribution in [-0.4, -0.2) is 50.2 Å². The Morgan fingerprint density at radius 2 is 2.09 bits per heavy atom. The summed E-state index contributed by atoms with van der Waals surface area (Å²) in [5.41, 5.74) is 0.531. The fraction of sp³-hybridized carbons (Fsp3) is 0.500. The Bertz CT molecular complexity index is 536. The molecule has 0 bridgehead atoms. The molecule has 1 aliphatic heterocycles. The van der Waals surface area contributed by atoms with Crippen LogP contribution in [0, 0.1) is 11.7 Å². The van der Waals surface area contributed by atoms with E-state index in [1.165, 1.54) is 24.3 Å². The van der Waals surface area contributed by atoms with E-state index in [1.807, 2.05) is 0 Å². The molecule has 1 aromatic carbocycles. The maximum atomic E-state index is 12.9. The molecule has 1 aliphatic rings. The molecule has 2 rings (SSSR count). The Labute approximate surface area is 135 Å². The molecular formula is C16H22FN3O3. The van der Waals surface area contributed by atoms with Gasteiger partial charge in [0.15, 0.2) is 0 Å². The number of benzene rings is 1. The molecule has 0 aliphatic carbocycles. The summed E-state index contributed by atoms with van der Waals surface area (Å²) in [6.07, 6.45) is 1.54. The number of likely N-dealkylation sites (tertiary alicyclic amines) is 1. The van der Waals surface area contributed by atoms with Crippen LogP contribution in [0.15, 0.2) is 24.3 Å². The molecule has 1 heterocycles. The number of hydrogen-bond donors (Lipinski definition) is 2. The first-order valence-electron chi connectivity index (χ1n) is 7.68. The molecule has 0 aromatic heterocycles. The van der Waals surface area contributed by atoms with Crippen LogP contribution in [0.4, 0.5) is 14.9 Å². The fourth-order valence-electron chi connectivity index (χ4n) is 2.53. The molecule has 6 nitrogen and oxygen atoms in total. The van der Waals surface area contributed by atoms with Crippen LogP contribution in [0.1, 0.15) is 12.8 Å². The number of ether oxygens (including phenoxy) is 1. The third-order valence-corrected chi connectivity index (χ3v) is 3.78.